The SMILES string of the molecule is Cc1cc(C)cc(N(CC(=O)N/N=C/c2ccc3c(c2)OCO3)S(=O)(=O)c2ccccc2)c1. The van der Waals surface area contributed by atoms with E-state index in [9.17, 15) is 13.2 Å². The number of carbonyl (C=O) groups is 1. The summed E-state index contributed by atoms with van der Waals surface area (Å²) in [6.45, 7) is 3.48. The van der Waals surface area contributed by atoms with E-state index in [1.54, 1.807) is 48.5 Å². The summed E-state index contributed by atoms with van der Waals surface area (Å²) in [6, 6.07) is 18.7. The second-order valence-electron chi connectivity index (χ2n) is 7.58. The summed E-state index contributed by atoms with van der Waals surface area (Å²) in [5.74, 6) is 0.664. The van der Waals surface area contributed by atoms with Crippen LogP contribution in [0.4, 0.5) is 5.69 Å². The Labute approximate surface area is 192 Å². The van der Waals surface area contributed by atoms with Crippen LogP contribution in [-0.4, -0.2) is 33.9 Å². The Hall–Kier alpha value is -3.85. The summed E-state index contributed by atoms with van der Waals surface area (Å²) in [6.07, 6.45) is 1.45. The van der Waals surface area contributed by atoms with Crippen molar-refractivity contribution in [2.24, 2.45) is 5.10 Å². The number of rotatable bonds is 7. The molecular weight excluding hydrogens is 442 g/mol. The zero-order valence-corrected chi connectivity index (χ0v) is 19.0. The van der Waals surface area contributed by atoms with Gasteiger partial charge in [0, 0.05) is 0 Å². The lowest BCUT2D eigenvalue weighted by Crippen LogP contribution is -2.39. The Morgan fingerprint density at radius 3 is 2.42 bits per heavy atom. The van der Waals surface area contributed by atoms with Crippen molar-refractivity contribution in [1.82, 2.24) is 5.43 Å². The molecule has 8 nitrogen and oxygen atoms in total. The van der Waals surface area contributed by atoms with Crippen LogP contribution in [0.25, 0.3) is 0 Å². The largest absolute Gasteiger partial charge is 0.454 e. The molecule has 1 aliphatic rings. The maximum atomic E-state index is 13.4. The predicted molar refractivity (Wildman–Crippen MR) is 125 cm³/mol. The number of aryl methyl sites for hydroxylation is 2. The molecule has 1 heterocycles. The number of amides is 1. The van der Waals surface area contributed by atoms with E-state index in [4.69, 9.17) is 9.47 Å². The van der Waals surface area contributed by atoms with Crippen molar-refractivity contribution in [2.45, 2.75) is 18.7 Å². The first-order chi connectivity index (χ1) is 15.8. The molecule has 0 fully saturated rings. The average Bonchev–Trinajstić information content (AvgIpc) is 3.25. The van der Waals surface area contributed by atoms with Crippen molar-refractivity contribution in [3.05, 3.63) is 83.4 Å². The Morgan fingerprint density at radius 1 is 1.00 bits per heavy atom. The molecule has 4 rings (SSSR count). The van der Waals surface area contributed by atoms with Gasteiger partial charge in [-0.25, -0.2) is 13.8 Å². The molecule has 1 amide bonds. The van der Waals surface area contributed by atoms with Gasteiger partial charge < -0.3 is 9.47 Å². The molecular formula is C24H23N3O5S. The van der Waals surface area contributed by atoms with Gasteiger partial charge in [-0.15, -0.1) is 0 Å². The van der Waals surface area contributed by atoms with Crippen LogP contribution in [-0.2, 0) is 14.8 Å². The minimum Gasteiger partial charge on any atom is -0.454 e. The van der Waals surface area contributed by atoms with E-state index in [-0.39, 0.29) is 11.7 Å². The number of sulfonamides is 1. The topological polar surface area (TPSA) is 97.3 Å². The molecule has 0 atom stereocenters. The summed E-state index contributed by atoms with van der Waals surface area (Å²) in [7, 11) is -3.98. The van der Waals surface area contributed by atoms with Crippen molar-refractivity contribution in [3.8, 4) is 11.5 Å². The second-order valence-corrected chi connectivity index (χ2v) is 9.44. The van der Waals surface area contributed by atoms with Crippen molar-refractivity contribution >= 4 is 27.8 Å². The van der Waals surface area contributed by atoms with E-state index in [0.29, 0.717) is 22.7 Å². The van der Waals surface area contributed by atoms with Crippen LogP contribution >= 0.6 is 0 Å². The van der Waals surface area contributed by atoms with Crippen molar-refractivity contribution in [1.29, 1.82) is 0 Å². The summed E-state index contributed by atoms with van der Waals surface area (Å²) in [5, 5.41) is 3.96. The first-order valence-electron chi connectivity index (χ1n) is 10.2. The van der Waals surface area contributed by atoms with Gasteiger partial charge in [0.15, 0.2) is 11.5 Å². The number of anilines is 1. The number of ether oxygens (including phenoxy) is 2. The molecule has 3 aromatic rings. The summed E-state index contributed by atoms with van der Waals surface area (Å²) < 4.78 is 38.4. The zero-order valence-electron chi connectivity index (χ0n) is 18.2. The first kappa shape index (κ1) is 22.3. The minimum atomic E-state index is -3.98. The molecule has 0 spiro atoms. The van der Waals surface area contributed by atoms with Gasteiger partial charge in [0.25, 0.3) is 15.9 Å². The second kappa shape index (κ2) is 9.33. The van der Waals surface area contributed by atoms with Crippen LogP contribution in [0, 0.1) is 13.8 Å². The molecule has 0 saturated carbocycles. The lowest BCUT2D eigenvalue weighted by molar-refractivity contribution is -0.119. The van der Waals surface area contributed by atoms with E-state index in [0.717, 1.165) is 15.4 Å². The van der Waals surface area contributed by atoms with Crippen LogP contribution in [0.3, 0.4) is 0 Å². The maximum Gasteiger partial charge on any atom is 0.264 e. The quantitative estimate of drug-likeness (QED) is 0.426. The highest BCUT2D eigenvalue weighted by atomic mass is 32.2. The van der Waals surface area contributed by atoms with Gasteiger partial charge >= 0.3 is 0 Å². The van der Waals surface area contributed by atoms with Crippen molar-refractivity contribution < 1.29 is 22.7 Å². The lowest BCUT2D eigenvalue weighted by Gasteiger charge is -2.24. The molecule has 0 aliphatic carbocycles. The molecule has 1 N–H and O–H groups in total. The van der Waals surface area contributed by atoms with Crippen molar-refractivity contribution in [2.75, 3.05) is 17.6 Å². The lowest BCUT2D eigenvalue weighted by atomic mass is 10.1. The van der Waals surface area contributed by atoms with Gasteiger partial charge in [-0.1, -0.05) is 24.3 Å². The number of hydrogen-bond acceptors (Lipinski definition) is 6. The van der Waals surface area contributed by atoms with E-state index in [1.807, 2.05) is 19.9 Å². The molecule has 3 aromatic carbocycles. The molecule has 1 aliphatic heterocycles. The van der Waals surface area contributed by atoms with Crippen LogP contribution in [0.2, 0.25) is 0 Å². The van der Waals surface area contributed by atoms with E-state index in [1.165, 1.54) is 18.3 Å². The standard InChI is InChI=1S/C24H23N3O5S/c1-17-10-18(2)12-20(11-17)27(33(29,30)21-6-4-3-5-7-21)15-24(28)26-25-14-19-8-9-22-23(13-19)32-16-31-22/h3-14H,15-16H2,1-2H3,(H,26,28)/b25-14+. The third-order valence-corrected chi connectivity index (χ3v) is 6.70. The van der Waals surface area contributed by atoms with Gasteiger partial charge in [0.05, 0.1) is 16.8 Å². The van der Waals surface area contributed by atoms with Crippen molar-refractivity contribution in [3.63, 3.8) is 0 Å². The number of hydrogen-bond donors (Lipinski definition) is 1. The van der Waals surface area contributed by atoms with Gasteiger partial charge in [0.1, 0.15) is 6.54 Å². The Kier molecular flexibility index (Phi) is 6.32. The monoisotopic (exact) mass is 465 g/mol. The Balaban J connectivity index is 1.55. The van der Waals surface area contributed by atoms with E-state index >= 15 is 0 Å². The van der Waals surface area contributed by atoms with E-state index < -0.39 is 22.5 Å². The number of nitrogens with one attached hydrogen (secondary N) is 1. The molecule has 0 aromatic heterocycles. The predicted octanol–water partition coefficient (Wildman–Crippen LogP) is 3.38. The highest BCUT2D eigenvalue weighted by Gasteiger charge is 2.27. The summed E-state index contributed by atoms with van der Waals surface area (Å²) in [5.41, 5.74) is 5.29. The Morgan fingerprint density at radius 2 is 1.70 bits per heavy atom. The third-order valence-electron chi connectivity index (χ3n) is 4.91. The number of benzene rings is 3. The third kappa shape index (κ3) is 5.15. The van der Waals surface area contributed by atoms with Crippen LogP contribution in [0.1, 0.15) is 16.7 Å². The summed E-state index contributed by atoms with van der Waals surface area (Å²) >= 11 is 0. The van der Waals surface area contributed by atoms with Gasteiger partial charge in [-0.05, 0) is 73.0 Å². The van der Waals surface area contributed by atoms with Crippen LogP contribution in [0.15, 0.2) is 76.7 Å². The molecule has 170 valence electrons. The number of carbonyl (C=O) groups excluding carboxylic acids is 1. The highest BCUT2D eigenvalue weighted by Crippen LogP contribution is 2.32. The Bertz CT molecular complexity index is 1290. The fraction of sp³-hybridized carbons (Fsp3) is 0.167. The molecule has 9 heteroatoms. The molecule has 0 bridgehead atoms. The van der Waals surface area contributed by atoms with Gasteiger partial charge in [-0.2, -0.15) is 5.10 Å². The molecule has 0 unspecified atom stereocenters. The first-order valence-corrected chi connectivity index (χ1v) is 11.6. The fourth-order valence-electron chi connectivity index (χ4n) is 3.47. The van der Waals surface area contributed by atoms with Crippen LogP contribution < -0.4 is 19.2 Å². The fourth-order valence-corrected chi connectivity index (χ4v) is 4.89. The average molecular weight is 466 g/mol. The summed E-state index contributed by atoms with van der Waals surface area (Å²) in [4.78, 5) is 12.8. The molecule has 0 radical (unpaired) electrons. The van der Waals surface area contributed by atoms with E-state index in [2.05, 4.69) is 10.5 Å². The van der Waals surface area contributed by atoms with Gasteiger partial charge in [0.2, 0.25) is 6.79 Å². The molecule has 33 heavy (non-hydrogen) atoms. The normalized spacial score (nSPS) is 12.7. The van der Waals surface area contributed by atoms with Gasteiger partial charge in [-0.3, -0.25) is 9.10 Å². The smallest absolute Gasteiger partial charge is 0.264 e. The number of hydrazone groups is 1. The number of nitrogens with zero attached hydrogens (tertiary/aromatic N) is 2. The zero-order chi connectivity index (χ0) is 23.4. The van der Waals surface area contributed by atoms with Crippen LogP contribution in [0.5, 0.6) is 11.5 Å². The minimum absolute atomic E-state index is 0.0980. The maximum absolute atomic E-state index is 13.4. The molecule has 0 saturated heterocycles. The number of fused-ring (bicyclic) bond motifs is 1. The highest BCUT2D eigenvalue weighted by molar-refractivity contribution is 7.92.